The van der Waals surface area contributed by atoms with E-state index in [4.69, 9.17) is 8.83 Å². The molecule has 1 aliphatic heterocycles. The summed E-state index contributed by atoms with van der Waals surface area (Å²) in [4.78, 5) is 30.7. The largest absolute Gasteiger partial charge is 0.466 e. The van der Waals surface area contributed by atoms with Gasteiger partial charge in [0.05, 0.1) is 18.5 Å². The third-order valence-corrected chi connectivity index (χ3v) is 5.02. The lowest BCUT2D eigenvalue weighted by atomic mass is 9.99. The van der Waals surface area contributed by atoms with Crippen molar-refractivity contribution in [2.75, 3.05) is 0 Å². The van der Waals surface area contributed by atoms with E-state index in [0.29, 0.717) is 22.2 Å². The molecule has 4 rings (SSSR count). The lowest BCUT2D eigenvalue weighted by Gasteiger charge is -2.18. The Labute approximate surface area is 147 Å². The summed E-state index contributed by atoms with van der Waals surface area (Å²) in [5.74, 6) is 1.51. The molecule has 3 aromatic heterocycles. The fourth-order valence-electron chi connectivity index (χ4n) is 2.77. The van der Waals surface area contributed by atoms with E-state index in [-0.39, 0.29) is 12.5 Å². The minimum Gasteiger partial charge on any atom is -0.466 e. The van der Waals surface area contributed by atoms with Crippen molar-refractivity contribution in [1.29, 1.82) is 0 Å². The van der Waals surface area contributed by atoms with Crippen molar-refractivity contribution in [1.82, 2.24) is 15.2 Å². The maximum atomic E-state index is 12.8. The summed E-state index contributed by atoms with van der Waals surface area (Å²) in [5, 5.41) is 5.22. The van der Waals surface area contributed by atoms with Crippen LogP contribution in [0.2, 0.25) is 0 Å². The number of nitrogens with zero attached hydrogens (tertiary/aromatic N) is 2. The number of urea groups is 1. The summed E-state index contributed by atoms with van der Waals surface area (Å²) in [6.45, 7) is 3.59. The molecule has 1 atom stereocenters. The molecule has 1 fully saturated rings. The first-order chi connectivity index (χ1) is 12.0. The van der Waals surface area contributed by atoms with Gasteiger partial charge < -0.3 is 14.2 Å². The predicted molar refractivity (Wildman–Crippen MR) is 89.7 cm³/mol. The van der Waals surface area contributed by atoms with Gasteiger partial charge in [0.15, 0.2) is 16.3 Å². The van der Waals surface area contributed by atoms with Crippen LogP contribution in [0.25, 0.3) is 10.8 Å². The molecule has 0 radical (unpaired) electrons. The predicted octanol–water partition coefficient (Wildman–Crippen LogP) is 3.27. The summed E-state index contributed by atoms with van der Waals surface area (Å²) >= 11 is 1.41. The molecule has 3 aromatic rings. The lowest BCUT2D eigenvalue weighted by Crippen LogP contribution is -2.40. The van der Waals surface area contributed by atoms with Gasteiger partial charge in [-0.3, -0.25) is 9.69 Å². The Morgan fingerprint density at radius 2 is 2.16 bits per heavy atom. The lowest BCUT2D eigenvalue weighted by molar-refractivity contribution is -0.132. The minimum absolute atomic E-state index is 0.0944. The van der Waals surface area contributed by atoms with Crippen molar-refractivity contribution in [2.24, 2.45) is 0 Å². The molecule has 0 aliphatic carbocycles. The summed E-state index contributed by atoms with van der Waals surface area (Å²) in [5.41, 5.74) is -0.571. The van der Waals surface area contributed by atoms with E-state index in [9.17, 15) is 9.59 Å². The smallest absolute Gasteiger partial charge is 0.325 e. The molecule has 3 amide bonds. The molecular formula is C17H15N3O4S. The zero-order valence-electron chi connectivity index (χ0n) is 13.6. The zero-order valence-corrected chi connectivity index (χ0v) is 14.4. The van der Waals surface area contributed by atoms with Crippen molar-refractivity contribution < 1.29 is 18.4 Å². The van der Waals surface area contributed by atoms with E-state index in [1.165, 1.54) is 17.6 Å². The van der Waals surface area contributed by atoms with Gasteiger partial charge in [0.1, 0.15) is 11.5 Å². The molecule has 7 nitrogen and oxygen atoms in total. The standard InChI is InChI=1S/C17H15N3O4S/c1-10-5-6-12(24-10)14-18-11(9-25-14)8-20-15(21)17(2,19-16(20)22)13-4-3-7-23-13/h3-7,9H,8H2,1-2H3,(H,19,22). The van der Waals surface area contributed by atoms with Crippen molar-refractivity contribution in [3.05, 3.63) is 53.1 Å². The van der Waals surface area contributed by atoms with E-state index < -0.39 is 11.6 Å². The number of hydrogen-bond donors (Lipinski definition) is 1. The number of carbonyl (C=O) groups is 2. The quantitative estimate of drug-likeness (QED) is 0.724. The first-order valence-corrected chi connectivity index (χ1v) is 8.54. The van der Waals surface area contributed by atoms with Crippen LogP contribution in [0.5, 0.6) is 0 Å². The van der Waals surface area contributed by atoms with Gasteiger partial charge in [-0.25, -0.2) is 9.78 Å². The van der Waals surface area contributed by atoms with Crippen LogP contribution in [0.15, 0.2) is 44.7 Å². The second-order valence-electron chi connectivity index (χ2n) is 5.98. The highest BCUT2D eigenvalue weighted by molar-refractivity contribution is 7.13. The van der Waals surface area contributed by atoms with Crippen LogP contribution < -0.4 is 5.32 Å². The number of nitrogens with one attached hydrogen (secondary N) is 1. The highest BCUT2D eigenvalue weighted by Crippen LogP contribution is 2.31. The van der Waals surface area contributed by atoms with Crippen molar-refractivity contribution in [2.45, 2.75) is 25.9 Å². The number of imide groups is 1. The van der Waals surface area contributed by atoms with E-state index in [1.54, 1.807) is 19.1 Å². The Hall–Kier alpha value is -2.87. The monoisotopic (exact) mass is 357 g/mol. The van der Waals surface area contributed by atoms with Crippen LogP contribution >= 0.6 is 11.3 Å². The Balaban J connectivity index is 1.56. The Morgan fingerprint density at radius 1 is 1.32 bits per heavy atom. The van der Waals surface area contributed by atoms with E-state index in [0.717, 1.165) is 10.7 Å². The van der Waals surface area contributed by atoms with Crippen LogP contribution in [-0.4, -0.2) is 21.8 Å². The Morgan fingerprint density at radius 3 is 2.84 bits per heavy atom. The number of amides is 3. The second-order valence-corrected chi connectivity index (χ2v) is 6.84. The molecule has 25 heavy (non-hydrogen) atoms. The van der Waals surface area contributed by atoms with Crippen molar-refractivity contribution in [3.63, 3.8) is 0 Å². The fraction of sp³-hybridized carbons (Fsp3) is 0.235. The summed E-state index contributed by atoms with van der Waals surface area (Å²) in [7, 11) is 0. The summed E-state index contributed by atoms with van der Waals surface area (Å²) < 4.78 is 10.9. The van der Waals surface area contributed by atoms with Crippen LogP contribution in [0.3, 0.4) is 0 Å². The zero-order chi connectivity index (χ0) is 17.6. The van der Waals surface area contributed by atoms with Gasteiger partial charge >= 0.3 is 6.03 Å². The average molecular weight is 357 g/mol. The van der Waals surface area contributed by atoms with Gasteiger partial charge in [-0.05, 0) is 38.1 Å². The molecule has 0 aromatic carbocycles. The van der Waals surface area contributed by atoms with Crippen LogP contribution in [0.1, 0.15) is 24.1 Å². The third kappa shape index (κ3) is 2.54. The van der Waals surface area contributed by atoms with Gasteiger partial charge in [-0.15, -0.1) is 11.3 Å². The summed E-state index contributed by atoms with van der Waals surface area (Å²) in [6, 6.07) is 6.59. The number of hydrogen-bond acceptors (Lipinski definition) is 6. The maximum absolute atomic E-state index is 12.8. The van der Waals surface area contributed by atoms with Crippen LogP contribution in [-0.2, 0) is 16.9 Å². The number of aromatic nitrogens is 1. The molecule has 0 saturated carbocycles. The van der Waals surface area contributed by atoms with Gasteiger partial charge in [0.2, 0.25) is 0 Å². The highest BCUT2D eigenvalue weighted by atomic mass is 32.1. The first kappa shape index (κ1) is 15.6. The SMILES string of the molecule is Cc1ccc(-c2nc(CN3C(=O)NC(C)(c4ccco4)C3=O)cs2)o1. The van der Waals surface area contributed by atoms with Gasteiger partial charge in [-0.2, -0.15) is 0 Å². The van der Waals surface area contributed by atoms with Gasteiger partial charge in [-0.1, -0.05) is 0 Å². The van der Waals surface area contributed by atoms with Crippen molar-refractivity contribution >= 4 is 23.3 Å². The molecule has 1 N–H and O–H groups in total. The van der Waals surface area contributed by atoms with E-state index >= 15 is 0 Å². The highest BCUT2D eigenvalue weighted by Gasteiger charge is 2.51. The maximum Gasteiger partial charge on any atom is 0.325 e. The van der Waals surface area contributed by atoms with Crippen LogP contribution in [0, 0.1) is 6.92 Å². The molecule has 1 unspecified atom stereocenters. The first-order valence-electron chi connectivity index (χ1n) is 7.67. The molecule has 8 heteroatoms. The molecule has 4 heterocycles. The Bertz CT molecular complexity index is 943. The number of thiazole rings is 1. The van der Waals surface area contributed by atoms with Crippen LogP contribution in [0.4, 0.5) is 4.79 Å². The molecular weight excluding hydrogens is 342 g/mol. The normalized spacial score (nSPS) is 20.3. The summed E-state index contributed by atoms with van der Waals surface area (Å²) in [6.07, 6.45) is 1.47. The third-order valence-electron chi connectivity index (χ3n) is 4.11. The fourth-order valence-corrected chi connectivity index (χ4v) is 3.55. The van der Waals surface area contributed by atoms with Gasteiger partial charge in [0.25, 0.3) is 5.91 Å². The van der Waals surface area contributed by atoms with E-state index in [2.05, 4.69) is 10.3 Å². The number of carbonyl (C=O) groups excluding carboxylic acids is 2. The Kier molecular flexibility index (Phi) is 3.50. The minimum atomic E-state index is -1.20. The van der Waals surface area contributed by atoms with Crippen molar-refractivity contribution in [3.8, 4) is 10.8 Å². The molecule has 0 bridgehead atoms. The molecule has 1 aliphatic rings. The average Bonchev–Trinajstić information content (AvgIpc) is 3.34. The van der Waals surface area contributed by atoms with E-state index in [1.807, 2.05) is 24.4 Å². The molecule has 128 valence electrons. The molecule has 0 spiro atoms. The second kappa shape index (κ2) is 5.59. The number of furan rings is 2. The van der Waals surface area contributed by atoms with Gasteiger partial charge in [0, 0.05) is 5.38 Å². The number of aryl methyl sites for hydroxylation is 1. The topological polar surface area (TPSA) is 88.6 Å². The molecule has 1 saturated heterocycles. The number of rotatable bonds is 4.